The summed E-state index contributed by atoms with van der Waals surface area (Å²) in [6.07, 6.45) is 0.624. The molecule has 1 heterocycles. The fraction of sp³-hybridized carbons (Fsp3) is 0.167. The average molecular weight is 175 g/mol. The maximum Gasteiger partial charge on any atom is 0.158 e. The monoisotopic (exact) mass is 175 g/mol. The van der Waals surface area contributed by atoms with Gasteiger partial charge < -0.3 is 0 Å². The standard InChI is InChI=1S/C6H5N7/c7-12-10-6(11-13-8)5-3-1-2-4-9-5/h1-4,6H. The Hall–Kier alpha value is -2.23. The van der Waals surface area contributed by atoms with E-state index in [9.17, 15) is 0 Å². The number of nitrogens with zero attached hydrogens (tertiary/aromatic N) is 7. The molecule has 1 aromatic heterocycles. The lowest BCUT2D eigenvalue weighted by Crippen LogP contribution is -1.92. The van der Waals surface area contributed by atoms with E-state index >= 15 is 0 Å². The number of hydrogen-bond acceptors (Lipinski definition) is 3. The zero-order valence-corrected chi connectivity index (χ0v) is 6.52. The molecule has 0 unspecified atom stereocenters. The van der Waals surface area contributed by atoms with E-state index in [0.717, 1.165) is 0 Å². The van der Waals surface area contributed by atoms with Crippen molar-refractivity contribution in [2.75, 3.05) is 0 Å². The van der Waals surface area contributed by atoms with Crippen molar-refractivity contribution in [2.24, 2.45) is 10.2 Å². The van der Waals surface area contributed by atoms with Crippen molar-refractivity contribution in [2.45, 2.75) is 6.17 Å². The minimum absolute atomic E-state index is 0.429. The Kier molecular flexibility index (Phi) is 3.14. The summed E-state index contributed by atoms with van der Waals surface area (Å²) in [5, 5.41) is 6.56. The lowest BCUT2D eigenvalue weighted by Gasteiger charge is -2.00. The van der Waals surface area contributed by atoms with Gasteiger partial charge in [-0.15, -0.1) is 0 Å². The first-order valence-corrected chi connectivity index (χ1v) is 3.38. The first-order valence-electron chi connectivity index (χ1n) is 3.38. The molecule has 0 bridgehead atoms. The van der Waals surface area contributed by atoms with Crippen molar-refractivity contribution < 1.29 is 0 Å². The Balaban J connectivity index is 3.01. The van der Waals surface area contributed by atoms with Crippen LogP contribution in [0.1, 0.15) is 11.9 Å². The van der Waals surface area contributed by atoms with Crippen LogP contribution in [0, 0.1) is 0 Å². The summed E-state index contributed by atoms with van der Waals surface area (Å²) in [6.45, 7) is 0. The molecule has 13 heavy (non-hydrogen) atoms. The maximum atomic E-state index is 8.17. The third kappa shape index (κ3) is 2.37. The van der Waals surface area contributed by atoms with Crippen molar-refractivity contribution in [1.29, 1.82) is 0 Å². The van der Waals surface area contributed by atoms with Crippen LogP contribution in [0.5, 0.6) is 0 Å². The van der Waals surface area contributed by atoms with Crippen LogP contribution in [0.2, 0.25) is 0 Å². The summed E-state index contributed by atoms with van der Waals surface area (Å²) in [5.74, 6) is 0. The summed E-state index contributed by atoms with van der Waals surface area (Å²) in [4.78, 5) is 8.99. The number of aromatic nitrogens is 1. The van der Waals surface area contributed by atoms with Crippen LogP contribution in [0.15, 0.2) is 34.6 Å². The van der Waals surface area contributed by atoms with Crippen LogP contribution >= 0.6 is 0 Å². The van der Waals surface area contributed by atoms with Gasteiger partial charge >= 0.3 is 0 Å². The minimum atomic E-state index is -0.906. The quantitative estimate of drug-likeness (QED) is 0.392. The SMILES string of the molecule is [N-]=[N+]=NC(N=[N+]=[N-])c1ccccn1. The Morgan fingerprint density at radius 2 is 1.92 bits per heavy atom. The molecule has 1 rings (SSSR count). The molecule has 0 saturated carbocycles. The van der Waals surface area contributed by atoms with E-state index in [0.29, 0.717) is 5.69 Å². The Bertz CT molecular complexity index is 342. The lowest BCUT2D eigenvalue weighted by atomic mass is 10.3. The smallest absolute Gasteiger partial charge is 0.158 e. The fourth-order valence-corrected chi connectivity index (χ4v) is 0.768. The normalized spacial score (nSPS) is 10.8. The van der Waals surface area contributed by atoms with Gasteiger partial charge in [0.25, 0.3) is 0 Å². The lowest BCUT2D eigenvalue weighted by molar-refractivity contribution is 0.727. The third-order valence-electron chi connectivity index (χ3n) is 1.27. The number of hydrogen-bond donors (Lipinski definition) is 0. The Morgan fingerprint density at radius 1 is 1.23 bits per heavy atom. The van der Waals surface area contributed by atoms with Crippen molar-refractivity contribution in [3.8, 4) is 0 Å². The van der Waals surface area contributed by atoms with E-state index in [4.69, 9.17) is 11.1 Å². The van der Waals surface area contributed by atoms with Crippen molar-refractivity contribution in [3.63, 3.8) is 0 Å². The molecular formula is C6H5N7. The van der Waals surface area contributed by atoms with E-state index in [-0.39, 0.29) is 0 Å². The van der Waals surface area contributed by atoms with Crippen molar-refractivity contribution >= 4 is 0 Å². The van der Waals surface area contributed by atoms with E-state index in [2.05, 4.69) is 25.0 Å². The Labute approximate surface area is 73.3 Å². The van der Waals surface area contributed by atoms with Crippen molar-refractivity contribution in [1.82, 2.24) is 4.98 Å². The molecule has 0 spiro atoms. The number of rotatable bonds is 3. The molecule has 0 amide bonds. The highest BCUT2D eigenvalue weighted by Crippen LogP contribution is 2.15. The molecule has 0 aliphatic carbocycles. The largest absolute Gasteiger partial charge is 0.261 e. The minimum Gasteiger partial charge on any atom is -0.261 e. The first kappa shape index (κ1) is 8.86. The molecular weight excluding hydrogens is 170 g/mol. The Morgan fingerprint density at radius 3 is 2.38 bits per heavy atom. The van der Waals surface area contributed by atoms with Crippen LogP contribution in [0.25, 0.3) is 20.9 Å². The fourth-order valence-electron chi connectivity index (χ4n) is 0.768. The molecule has 0 aliphatic rings. The molecule has 64 valence electrons. The first-order chi connectivity index (χ1) is 6.38. The third-order valence-corrected chi connectivity index (χ3v) is 1.27. The van der Waals surface area contributed by atoms with Gasteiger partial charge in [0.2, 0.25) is 0 Å². The second kappa shape index (κ2) is 4.61. The number of pyridine rings is 1. The molecule has 1 aromatic rings. The summed E-state index contributed by atoms with van der Waals surface area (Å²) in [5.41, 5.74) is 16.8. The molecule has 7 nitrogen and oxygen atoms in total. The van der Waals surface area contributed by atoms with Crippen LogP contribution in [0.3, 0.4) is 0 Å². The van der Waals surface area contributed by atoms with Gasteiger partial charge in [-0.2, -0.15) is 0 Å². The van der Waals surface area contributed by atoms with E-state index in [1.54, 1.807) is 18.2 Å². The van der Waals surface area contributed by atoms with E-state index in [1.807, 2.05) is 0 Å². The van der Waals surface area contributed by atoms with E-state index < -0.39 is 6.17 Å². The zero-order chi connectivity index (χ0) is 9.52. The predicted molar refractivity (Wildman–Crippen MR) is 45.3 cm³/mol. The highest BCUT2D eigenvalue weighted by Gasteiger charge is 2.06. The molecule has 0 saturated heterocycles. The second-order valence-electron chi connectivity index (χ2n) is 2.04. The second-order valence-corrected chi connectivity index (χ2v) is 2.04. The predicted octanol–water partition coefficient (Wildman–Crippen LogP) is 2.70. The van der Waals surface area contributed by atoms with Crippen LogP contribution in [-0.2, 0) is 0 Å². The highest BCUT2D eigenvalue weighted by molar-refractivity contribution is 5.08. The summed E-state index contributed by atoms with van der Waals surface area (Å²) in [7, 11) is 0. The molecule has 7 heteroatoms. The van der Waals surface area contributed by atoms with Gasteiger partial charge in [-0.3, -0.25) is 4.98 Å². The molecule has 0 aromatic carbocycles. The highest BCUT2D eigenvalue weighted by atomic mass is 15.3. The van der Waals surface area contributed by atoms with E-state index in [1.165, 1.54) is 6.20 Å². The maximum absolute atomic E-state index is 8.17. The van der Waals surface area contributed by atoms with Gasteiger partial charge in [0, 0.05) is 16.0 Å². The molecule has 0 aliphatic heterocycles. The van der Waals surface area contributed by atoms with Gasteiger partial charge in [-0.1, -0.05) is 16.3 Å². The van der Waals surface area contributed by atoms with Gasteiger partial charge in [0.15, 0.2) is 6.17 Å². The molecule has 0 radical (unpaired) electrons. The van der Waals surface area contributed by atoms with Gasteiger partial charge in [0.1, 0.15) is 0 Å². The molecule has 0 atom stereocenters. The average Bonchev–Trinajstić information content (AvgIpc) is 2.19. The summed E-state index contributed by atoms with van der Waals surface area (Å²) in [6, 6.07) is 5.05. The van der Waals surface area contributed by atoms with Crippen molar-refractivity contribution in [3.05, 3.63) is 51.0 Å². The summed E-state index contributed by atoms with van der Waals surface area (Å²) >= 11 is 0. The van der Waals surface area contributed by atoms with Crippen LogP contribution < -0.4 is 0 Å². The molecule has 0 N–H and O–H groups in total. The van der Waals surface area contributed by atoms with Crippen LogP contribution in [-0.4, -0.2) is 4.98 Å². The molecule has 0 fully saturated rings. The number of azide groups is 1. The van der Waals surface area contributed by atoms with Gasteiger partial charge in [0.05, 0.1) is 5.69 Å². The van der Waals surface area contributed by atoms with Crippen LogP contribution in [0.4, 0.5) is 0 Å². The zero-order valence-electron chi connectivity index (χ0n) is 6.52. The summed E-state index contributed by atoms with van der Waals surface area (Å²) < 4.78 is 0. The topological polar surface area (TPSA) is 110 Å². The van der Waals surface area contributed by atoms with Gasteiger partial charge in [-0.05, 0) is 23.2 Å². The van der Waals surface area contributed by atoms with Gasteiger partial charge in [-0.25, -0.2) is 0 Å².